The van der Waals surface area contributed by atoms with Crippen LogP contribution in [0.25, 0.3) is 0 Å². The number of fused-ring (bicyclic) bond motifs is 1. The molecule has 20 heavy (non-hydrogen) atoms. The van der Waals surface area contributed by atoms with Gasteiger partial charge in [-0.3, -0.25) is 0 Å². The van der Waals surface area contributed by atoms with E-state index in [1.807, 2.05) is 12.1 Å². The fourth-order valence-electron chi connectivity index (χ4n) is 2.68. The zero-order valence-corrected chi connectivity index (χ0v) is 12.4. The minimum absolute atomic E-state index is 0.254. The molecule has 2 N–H and O–H groups in total. The van der Waals surface area contributed by atoms with Crippen LogP contribution in [0.5, 0.6) is 11.5 Å². The standard InChI is InChI=1S/C16H25NO3/c1-12(5-3-9-18)17-15-6-4-10-20-16-8-7-13(19-2)11-14(15)16/h7-8,11-12,15,17-18H,3-6,9-10H2,1-2H3. The first-order valence-electron chi connectivity index (χ1n) is 7.42. The number of hydrogen-bond donors (Lipinski definition) is 2. The lowest BCUT2D eigenvalue weighted by Gasteiger charge is -2.23. The highest BCUT2D eigenvalue weighted by atomic mass is 16.5. The van der Waals surface area contributed by atoms with Crippen LogP contribution in [0.15, 0.2) is 18.2 Å². The van der Waals surface area contributed by atoms with Gasteiger partial charge in [0, 0.05) is 24.3 Å². The van der Waals surface area contributed by atoms with Crippen LogP contribution >= 0.6 is 0 Å². The van der Waals surface area contributed by atoms with Crippen molar-refractivity contribution < 1.29 is 14.6 Å². The molecule has 0 saturated carbocycles. The fraction of sp³-hybridized carbons (Fsp3) is 0.625. The number of aliphatic hydroxyl groups is 1. The van der Waals surface area contributed by atoms with Crippen LogP contribution in [-0.4, -0.2) is 31.5 Å². The summed E-state index contributed by atoms with van der Waals surface area (Å²) in [4.78, 5) is 0. The number of rotatable bonds is 6. The van der Waals surface area contributed by atoms with Crippen molar-refractivity contribution in [2.24, 2.45) is 0 Å². The third-order valence-corrected chi connectivity index (χ3v) is 3.77. The van der Waals surface area contributed by atoms with Gasteiger partial charge >= 0.3 is 0 Å². The Hall–Kier alpha value is -1.26. The van der Waals surface area contributed by atoms with E-state index in [-0.39, 0.29) is 12.6 Å². The van der Waals surface area contributed by atoms with Crippen molar-refractivity contribution in [3.8, 4) is 11.5 Å². The molecule has 0 saturated heterocycles. The normalized spacial score (nSPS) is 19.6. The minimum Gasteiger partial charge on any atom is -0.497 e. The Bertz CT molecular complexity index is 422. The summed E-state index contributed by atoms with van der Waals surface area (Å²) >= 11 is 0. The highest BCUT2D eigenvalue weighted by Gasteiger charge is 2.21. The van der Waals surface area contributed by atoms with Gasteiger partial charge in [0.05, 0.1) is 13.7 Å². The van der Waals surface area contributed by atoms with E-state index in [0.29, 0.717) is 6.04 Å². The number of hydrogen-bond acceptors (Lipinski definition) is 4. The summed E-state index contributed by atoms with van der Waals surface area (Å²) in [6, 6.07) is 6.67. The van der Waals surface area contributed by atoms with Crippen LogP contribution in [0, 0.1) is 0 Å². The summed E-state index contributed by atoms with van der Waals surface area (Å²) in [6.07, 6.45) is 3.92. The topological polar surface area (TPSA) is 50.7 Å². The summed E-state index contributed by atoms with van der Waals surface area (Å²) in [5.74, 6) is 1.82. The maximum absolute atomic E-state index is 8.93. The summed E-state index contributed by atoms with van der Waals surface area (Å²) in [7, 11) is 1.69. The van der Waals surface area contributed by atoms with E-state index in [2.05, 4.69) is 18.3 Å². The molecule has 0 radical (unpaired) electrons. The van der Waals surface area contributed by atoms with Crippen LogP contribution in [0.2, 0.25) is 0 Å². The van der Waals surface area contributed by atoms with E-state index in [1.165, 1.54) is 5.56 Å². The lowest BCUT2D eigenvalue weighted by atomic mass is 10.00. The van der Waals surface area contributed by atoms with E-state index in [1.54, 1.807) is 7.11 Å². The molecule has 1 aliphatic heterocycles. The molecule has 0 bridgehead atoms. The molecule has 0 fully saturated rings. The van der Waals surface area contributed by atoms with E-state index in [0.717, 1.165) is 43.8 Å². The molecule has 1 aromatic carbocycles. The molecule has 2 unspecified atom stereocenters. The Morgan fingerprint density at radius 2 is 2.35 bits per heavy atom. The number of benzene rings is 1. The van der Waals surface area contributed by atoms with Crippen LogP contribution in [0.3, 0.4) is 0 Å². The smallest absolute Gasteiger partial charge is 0.124 e. The first-order valence-corrected chi connectivity index (χ1v) is 7.42. The molecular weight excluding hydrogens is 254 g/mol. The van der Waals surface area contributed by atoms with Crippen molar-refractivity contribution in [3.63, 3.8) is 0 Å². The monoisotopic (exact) mass is 279 g/mol. The third kappa shape index (κ3) is 3.87. The van der Waals surface area contributed by atoms with Gasteiger partial charge in [0.1, 0.15) is 11.5 Å². The third-order valence-electron chi connectivity index (χ3n) is 3.77. The fourth-order valence-corrected chi connectivity index (χ4v) is 2.68. The van der Waals surface area contributed by atoms with E-state index in [4.69, 9.17) is 14.6 Å². The Kier molecular flexibility index (Phi) is 5.68. The van der Waals surface area contributed by atoms with Crippen LogP contribution in [0.1, 0.15) is 44.2 Å². The van der Waals surface area contributed by atoms with Gasteiger partial charge in [-0.1, -0.05) is 0 Å². The van der Waals surface area contributed by atoms with Gasteiger partial charge < -0.3 is 19.9 Å². The van der Waals surface area contributed by atoms with Crippen molar-refractivity contribution in [1.29, 1.82) is 0 Å². The first-order chi connectivity index (χ1) is 9.74. The maximum atomic E-state index is 8.93. The molecule has 0 aromatic heterocycles. The number of methoxy groups -OCH3 is 1. The molecule has 0 aliphatic carbocycles. The van der Waals surface area contributed by atoms with E-state index >= 15 is 0 Å². The molecule has 0 amide bonds. The van der Waals surface area contributed by atoms with E-state index < -0.39 is 0 Å². The molecule has 1 heterocycles. The number of ether oxygens (including phenoxy) is 2. The molecule has 4 heteroatoms. The van der Waals surface area contributed by atoms with Crippen molar-refractivity contribution >= 4 is 0 Å². The highest BCUT2D eigenvalue weighted by Crippen LogP contribution is 2.34. The molecule has 4 nitrogen and oxygen atoms in total. The largest absolute Gasteiger partial charge is 0.497 e. The van der Waals surface area contributed by atoms with Crippen LogP contribution in [0.4, 0.5) is 0 Å². The number of aliphatic hydroxyl groups excluding tert-OH is 1. The average Bonchev–Trinajstić information content (AvgIpc) is 2.67. The van der Waals surface area contributed by atoms with Gasteiger partial charge in [0.25, 0.3) is 0 Å². The summed E-state index contributed by atoms with van der Waals surface area (Å²) in [5.41, 5.74) is 1.18. The maximum Gasteiger partial charge on any atom is 0.124 e. The molecular formula is C16H25NO3. The van der Waals surface area contributed by atoms with Crippen LogP contribution < -0.4 is 14.8 Å². The molecule has 112 valence electrons. The zero-order valence-electron chi connectivity index (χ0n) is 12.4. The summed E-state index contributed by atoms with van der Waals surface area (Å²) in [5, 5.41) is 12.6. The molecule has 2 rings (SSSR count). The van der Waals surface area contributed by atoms with Gasteiger partial charge in [-0.15, -0.1) is 0 Å². The van der Waals surface area contributed by atoms with Crippen LogP contribution in [-0.2, 0) is 0 Å². The molecule has 0 spiro atoms. The Labute approximate surface area is 121 Å². The lowest BCUT2D eigenvalue weighted by molar-refractivity contribution is 0.272. The van der Waals surface area contributed by atoms with Gasteiger partial charge in [-0.2, -0.15) is 0 Å². The second-order valence-electron chi connectivity index (χ2n) is 5.38. The van der Waals surface area contributed by atoms with E-state index in [9.17, 15) is 0 Å². The van der Waals surface area contributed by atoms with Crippen molar-refractivity contribution in [2.75, 3.05) is 20.3 Å². The Balaban J connectivity index is 2.13. The number of nitrogens with one attached hydrogen (secondary N) is 1. The average molecular weight is 279 g/mol. The zero-order chi connectivity index (χ0) is 14.4. The summed E-state index contributed by atoms with van der Waals surface area (Å²) in [6.45, 7) is 3.19. The SMILES string of the molecule is COc1ccc2c(c1)C(NC(C)CCCO)CCCO2. The van der Waals surface area contributed by atoms with Crippen molar-refractivity contribution in [1.82, 2.24) is 5.32 Å². The van der Waals surface area contributed by atoms with Gasteiger partial charge in [0.2, 0.25) is 0 Å². The molecule has 2 atom stereocenters. The highest BCUT2D eigenvalue weighted by molar-refractivity contribution is 5.42. The van der Waals surface area contributed by atoms with Gasteiger partial charge in [-0.05, 0) is 50.8 Å². The molecule has 1 aromatic rings. The van der Waals surface area contributed by atoms with Crippen molar-refractivity contribution in [3.05, 3.63) is 23.8 Å². The quantitative estimate of drug-likeness (QED) is 0.840. The van der Waals surface area contributed by atoms with Gasteiger partial charge in [0.15, 0.2) is 0 Å². The van der Waals surface area contributed by atoms with Crippen molar-refractivity contribution in [2.45, 2.75) is 44.7 Å². The minimum atomic E-state index is 0.254. The predicted octanol–water partition coefficient (Wildman–Crippen LogP) is 2.66. The predicted molar refractivity (Wildman–Crippen MR) is 79.4 cm³/mol. The Morgan fingerprint density at radius 3 is 3.10 bits per heavy atom. The summed E-state index contributed by atoms with van der Waals surface area (Å²) < 4.78 is 11.1. The second-order valence-corrected chi connectivity index (χ2v) is 5.38. The Morgan fingerprint density at radius 1 is 1.50 bits per heavy atom. The second kappa shape index (κ2) is 7.50. The van der Waals surface area contributed by atoms with Gasteiger partial charge in [-0.25, -0.2) is 0 Å². The first kappa shape index (κ1) is 15.1. The lowest BCUT2D eigenvalue weighted by Crippen LogP contribution is -2.30. The molecule has 1 aliphatic rings.